The molecule has 3 N–H and O–H groups in total. The molecular formula is C18H20Cl2N2O3. The fourth-order valence-electron chi connectivity index (χ4n) is 2.47. The summed E-state index contributed by atoms with van der Waals surface area (Å²) in [6.07, 6.45) is -0.0755. The van der Waals surface area contributed by atoms with E-state index in [2.05, 4.69) is 0 Å². The molecule has 5 nitrogen and oxygen atoms in total. The van der Waals surface area contributed by atoms with Crippen molar-refractivity contribution < 1.29 is 14.7 Å². The molecule has 0 fully saturated rings. The first-order valence-electron chi connectivity index (χ1n) is 7.48. The minimum absolute atomic E-state index is 0. The number of amides is 1. The summed E-state index contributed by atoms with van der Waals surface area (Å²) in [5.74, 6) is -1.45. The van der Waals surface area contributed by atoms with Gasteiger partial charge < -0.3 is 15.7 Å². The van der Waals surface area contributed by atoms with Crippen molar-refractivity contribution in [2.24, 2.45) is 5.73 Å². The van der Waals surface area contributed by atoms with E-state index < -0.39 is 5.97 Å². The lowest BCUT2D eigenvalue weighted by Gasteiger charge is -2.21. The monoisotopic (exact) mass is 382 g/mol. The number of carbonyl (C=O) groups excluding carboxylic acids is 1. The number of rotatable bonds is 6. The van der Waals surface area contributed by atoms with Crippen molar-refractivity contribution in [3.63, 3.8) is 0 Å². The first kappa shape index (κ1) is 21.0. The first-order valence-corrected chi connectivity index (χ1v) is 7.86. The van der Waals surface area contributed by atoms with Crippen molar-refractivity contribution in [1.29, 1.82) is 0 Å². The highest BCUT2D eigenvalue weighted by atomic mass is 35.5. The Labute approximate surface area is 157 Å². The number of carboxylic acid groups (broad SMARTS) is 1. The third-order valence-electron chi connectivity index (χ3n) is 3.83. The van der Waals surface area contributed by atoms with E-state index in [4.69, 9.17) is 22.4 Å². The standard InChI is InChI=1S/C18H19ClN2O3.ClH/c1-21(18(24)12-5-3-2-4-6-12)16-9-13(7-8-15(16)19)14(11-20)10-17(22)23;/h2-9,14H,10-11,20H2,1H3,(H,22,23);1H/t14-;/m0./s1. The summed E-state index contributed by atoms with van der Waals surface area (Å²) < 4.78 is 0. The summed E-state index contributed by atoms with van der Waals surface area (Å²) in [4.78, 5) is 25.0. The Balaban J connectivity index is 0.00000312. The van der Waals surface area contributed by atoms with Crippen LogP contribution in [0.3, 0.4) is 0 Å². The van der Waals surface area contributed by atoms with Crippen LogP contribution < -0.4 is 10.6 Å². The van der Waals surface area contributed by atoms with E-state index in [1.54, 1.807) is 49.5 Å². The molecule has 2 aromatic carbocycles. The number of carboxylic acids is 1. The molecule has 25 heavy (non-hydrogen) atoms. The van der Waals surface area contributed by atoms with Crippen LogP contribution in [-0.2, 0) is 4.79 Å². The number of benzene rings is 2. The normalized spacial score (nSPS) is 11.3. The molecular weight excluding hydrogens is 363 g/mol. The van der Waals surface area contributed by atoms with Crippen LogP contribution in [0.5, 0.6) is 0 Å². The van der Waals surface area contributed by atoms with Crippen LogP contribution in [-0.4, -0.2) is 30.6 Å². The number of nitrogens with two attached hydrogens (primary N) is 1. The van der Waals surface area contributed by atoms with Gasteiger partial charge in [-0.1, -0.05) is 35.9 Å². The van der Waals surface area contributed by atoms with E-state index in [0.717, 1.165) is 5.56 Å². The lowest BCUT2D eigenvalue weighted by atomic mass is 9.95. The van der Waals surface area contributed by atoms with Crippen LogP contribution in [0.4, 0.5) is 5.69 Å². The van der Waals surface area contributed by atoms with Crippen LogP contribution in [0.25, 0.3) is 0 Å². The Morgan fingerprint density at radius 2 is 1.84 bits per heavy atom. The Bertz CT molecular complexity index is 738. The van der Waals surface area contributed by atoms with Crippen molar-refractivity contribution in [2.75, 3.05) is 18.5 Å². The van der Waals surface area contributed by atoms with Crippen LogP contribution in [0.15, 0.2) is 48.5 Å². The molecule has 0 aromatic heterocycles. The Morgan fingerprint density at radius 3 is 2.40 bits per heavy atom. The topological polar surface area (TPSA) is 83.6 Å². The van der Waals surface area contributed by atoms with Gasteiger partial charge in [-0.25, -0.2) is 0 Å². The molecule has 0 aliphatic rings. The third kappa shape index (κ3) is 5.19. The van der Waals surface area contributed by atoms with Gasteiger partial charge in [0.15, 0.2) is 0 Å². The molecule has 0 aliphatic heterocycles. The van der Waals surface area contributed by atoms with Gasteiger partial charge in [-0.3, -0.25) is 9.59 Å². The van der Waals surface area contributed by atoms with Crippen molar-refractivity contribution in [2.45, 2.75) is 12.3 Å². The van der Waals surface area contributed by atoms with Gasteiger partial charge in [0.25, 0.3) is 5.91 Å². The number of nitrogens with zero attached hydrogens (tertiary/aromatic N) is 1. The summed E-state index contributed by atoms with van der Waals surface area (Å²) in [6.45, 7) is 0.198. The van der Waals surface area contributed by atoms with Crippen molar-refractivity contribution in [1.82, 2.24) is 0 Å². The Kier molecular flexibility index (Phi) is 7.90. The minimum Gasteiger partial charge on any atom is -0.481 e. The summed E-state index contributed by atoms with van der Waals surface area (Å²) in [6, 6.07) is 14.0. The lowest BCUT2D eigenvalue weighted by Crippen LogP contribution is -2.27. The molecule has 0 spiro atoms. The molecule has 0 aliphatic carbocycles. The maximum atomic E-state index is 12.6. The smallest absolute Gasteiger partial charge is 0.304 e. The van der Waals surface area contributed by atoms with Gasteiger partial charge in [0.1, 0.15) is 0 Å². The van der Waals surface area contributed by atoms with E-state index in [1.807, 2.05) is 6.07 Å². The van der Waals surface area contributed by atoms with Gasteiger partial charge in [-0.05, 0) is 36.4 Å². The van der Waals surface area contributed by atoms with E-state index in [9.17, 15) is 9.59 Å². The van der Waals surface area contributed by atoms with Gasteiger partial charge >= 0.3 is 5.97 Å². The van der Waals surface area contributed by atoms with E-state index in [0.29, 0.717) is 16.3 Å². The van der Waals surface area contributed by atoms with Gasteiger partial charge in [0.2, 0.25) is 0 Å². The van der Waals surface area contributed by atoms with Crippen molar-refractivity contribution in [3.05, 3.63) is 64.7 Å². The number of halogens is 2. The fourth-order valence-corrected chi connectivity index (χ4v) is 2.72. The van der Waals surface area contributed by atoms with Crippen LogP contribution in [0.1, 0.15) is 28.3 Å². The molecule has 134 valence electrons. The summed E-state index contributed by atoms with van der Waals surface area (Å²) in [5, 5.41) is 9.41. The first-order chi connectivity index (χ1) is 11.4. The highest BCUT2D eigenvalue weighted by Gasteiger charge is 2.19. The maximum absolute atomic E-state index is 12.6. The third-order valence-corrected chi connectivity index (χ3v) is 4.15. The molecule has 0 heterocycles. The molecule has 0 saturated heterocycles. The molecule has 0 bridgehead atoms. The predicted molar refractivity (Wildman–Crippen MR) is 102 cm³/mol. The van der Waals surface area contributed by atoms with Crippen molar-refractivity contribution >= 4 is 41.6 Å². The molecule has 7 heteroatoms. The maximum Gasteiger partial charge on any atom is 0.304 e. The Morgan fingerprint density at radius 1 is 1.20 bits per heavy atom. The second-order valence-corrected chi connectivity index (χ2v) is 5.88. The summed E-state index contributed by atoms with van der Waals surface area (Å²) >= 11 is 6.23. The number of aliphatic carboxylic acids is 1. The zero-order valence-electron chi connectivity index (χ0n) is 13.7. The zero-order chi connectivity index (χ0) is 17.7. The van der Waals surface area contributed by atoms with Gasteiger partial charge in [0.05, 0.1) is 17.1 Å². The highest BCUT2D eigenvalue weighted by molar-refractivity contribution is 6.34. The van der Waals surface area contributed by atoms with E-state index in [-0.39, 0.29) is 37.2 Å². The van der Waals surface area contributed by atoms with E-state index in [1.165, 1.54) is 4.90 Å². The van der Waals surface area contributed by atoms with Crippen LogP contribution in [0, 0.1) is 0 Å². The van der Waals surface area contributed by atoms with Gasteiger partial charge in [-0.2, -0.15) is 0 Å². The van der Waals surface area contributed by atoms with Gasteiger partial charge in [-0.15, -0.1) is 12.4 Å². The van der Waals surface area contributed by atoms with Gasteiger partial charge in [0, 0.05) is 18.5 Å². The highest BCUT2D eigenvalue weighted by Crippen LogP contribution is 2.31. The average Bonchev–Trinajstić information content (AvgIpc) is 2.59. The minimum atomic E-state index is -0.921. The molecule has 2 aromatic rings. The molecule has 2 rings (SSSR count). The molecule has 1 atom stereocenters. The summed E-state index contributed by atoms with van der Waals surface area (Å²) in [5.41, 5.74) is 7.50. The molecule has 1 amide bonds. The largest absolute Gasteiger partial charge is 0.481 e. The molecule has 0 saturated carbocycles. The number of hydrogen-bond acceptors (Lipinski definition) is 3. The Hall–Kier alpha value is -2.08. The summed E-state index contributed by atoms with van der Waals surface area (Å²) in [7, 11) is 1.63. The quantitative estimate of drug-likeness (QED) is 0.799. The number of anilines is 1. The number of hydrogen-bond donors (Lipinski definition) is 2. The molecule has 0 unspecified atom stereocenters. The average molecular weight is 383 g/mol. The SMILES string of the molecule is CN(C(=O)c1ccccc1)c1cc([C@H](CN)CC(=O)O)ccc1Cl.Cl. The second-order valence-electron chi connectivity index (χ2n) is 5.47. The molecule has 0 radical (unpaired) electrons. The lowest BCUT2D eigenvalue weighted by molar-refractivity contribution is -0.137. The number of carbonyl (C=O) groups is 2. The fraction of sp³-hybridized carbons (Fsp3) is 0.222. The predicted octanol–water partition coefficient (Wildman–Crippen LogP) is 3.56. The van der Waals surface area contributed by atoms with Crippen molar-refractivity contribution in [3.8, 4) is 0 Å². The van der Waals surface area contributed by atoms with Crippen LogP contribution >= 0.6 is 24.0 Å². The van der Waals surface area contributed by atoms with E-state index >= 15 is 0 Å². The zero-order valence-corrected chi connectivity index (χ0v) is 15.3. The second kappa shape index (κ2) is 9.42. The van der Waals surface area contributed by atoms with Crippen LogP contribution in [0.2, 0.25) is 5.02 Å².